The van der Waals surface area contributed by atoms with Gasteiger partial charge in [-0.1, -0.05) is 24.6 Å². The Morgan fingerprint density at radius 2 is 1.97 bits per heavy atom. The molecule has 0 radical (unpaired) electrons. The minimum Gasteiger partial charge on any atom is -0.396 e. The molecule has 0 atom stereocenters. The minimum atomic E-state index is -0.437. The van der Waals surface area contributed by atoms with Gasteiger partial charge in [0.2, 0.25) is 0 Å². The summed E-state index contributed by atoms with van der Waals surface area (Å²) in [7, 11) is 0. The molecule has 3 aromatic heterocycles. The Hall–Kier alpha value is -3.62. The second kappa shape index (κ2) is 10.3. The molecule has 8 nitrogen and oxygen atoms in total. The van der Waals surface area contributed by atoms with Crippen LogP contribution in [0, 0.1) is 5.92 Å². The molecule has 180 valence electrons. The van der Waals surface area contributed by atoms with Gasteiger partial charge in [0.05, 0.1) is 17.9 Å². The number of amides is 1. The smallest absolute Gasteiger partial charge is 0.270 e. The first-order chi connectivity index (χ1) is 17.1. The number of fused-ring (bicyclic) bond motifs is 2. The van der Waals surface area contributed by atoms with Crippen LogP contribution < -0.4 is 16.2 Å². The Balaban J connectivity index is 1.33. The molecule has 1 aromatic carbocycles. The van der Waals surface area contributed by atoms with Gasteiger partial charge in [-0.15, -0.1) is 0 Å². The average molecular weight is 472 g/mol. The van der Waals surface area contributed by atoms with Gasteiger partial charge in [0.15, 0.2) is 0 Å². The van der Waals surface area contributed by atoms with Crippen LogP contribution in [0.5, 0.6) is 0 Å². The Bertz CT molecular complexity index is 1430. The van der Waals surface area contributed by atoms with Crippen molar-refractivity contribution in [2.45, 2.75) is 38.8 Å². The zero-order valence-corrected chi connectivity index (χ0v) is 19.5. The van der Waals surface area contributed by atoms with E-state index in [0.717, 1.165) is 35.5 Å². The summed E-state index contributed by atoms with van der Waals surface area (Å²) in [5.74, 6) is 0.368. The van der Waals surface area contributed by atoms with E-state index in [1.165, 1.54) is 35.3 Å². The third-order valence-electron chi connectivity index (χ3n) is 6.60. The number of carbonyl (C=O) groups excluding carboxylic acids is 1. The normalized spacial score (nSPS) is 13.7. The maximum Gasteiger partial charge on any atom is 0.270 e. The summed E-state index contributed by atoms with van der Waals surface area (Å²) < 4.78 is 1.39. The molecular weight excluding hydrogens is 442 g/mol. The predicted octanol–water partition coefficient (Wildman–Crippen LogP) is 2.60. The second-order valence-corrected chi connectivity index (χ2v) is 9.11. The summed E-state index contributed by atoms with van der Waals surface area (Å²) >= 11 is 0. The summed E-state index contributed by atoms with van der Waals surface area (Å²) in [6, 6.07) is 14.7. The number of nitrogens with zero attached hydrogens (tertiary/aromatic N) is 3. The van der Waals surface area contributed by atoms with Crippen LogP contribution in [0.3, 0.4) is 0 Å². The molecule has 5 rings (SSSR count). The summed E-state index contributed by atoms with van der Waals surface area (Å²) in [6.07, 6.45) is 6.03. The Labute approximate surface area is 203 Å². The molecule has 0 saturated heterocycles. The van der Waals surface area contributed by atoms with Crippen LogP contribution in [-0.2, 0) is 19.5 Å². The first kappa shape index (κ1) is 23.1. The van der Waals surface area contributed by atoms with E-state index >= 15 is 0 Å². The lowest BCUT2D eigenvalue weighted by Gasteiger charge is -2.25. The first-order valence-corrected chi connectivity index (χ1v) is 12.1. The number of hydrogen-bond donors (Lipinski definition) is 3. The molecule has 0 spiro atoms. The molecule has 0 aliphatic heterocycles. The van der Waals surface area contributed by atoms with Crippen molar-refractivity contribution in [2.24, 2.45) is 5.92 Å². The summed E-state index contributed by atoms with van der Waals surface area (Å²) in [4.78, 5) is 34.0. The van der Waals surface area contributed by atoms with E-state index in [9.17, 15) is 14.7 Å². The lowest BCUT2D eigenvalue weighted by molar-refractivity contribution is 0.0945. The maximum absolute atomic E-state index is 12.7. The van der Waals surface area contributed by atoms with Crippen LogP contribution in [0.2, 0.25) is 0 Å². The fourth-order valence-electron chi connectivity index (χ4n) is 4.49. The highest BCUT2D eigenvalue weighted by molar-refractivity contribution is 5.92. The van der Waals surface area contributed by atoms with Gasteiger partial charge >= 0.3 is 0 Å². The molecule has 1 aliphatic rings. The fourth-order valence-corrected chi connectivity index (χ4v) is 4.49. The molecule has 3 N–H and O–H groups in total. The Morgan fingerprint density at radius 1 is 1.09 bits per heavy atom. The molecule has 0 unspecified atom stereocenters. The van der Waals surface area contributed by atoms with Gasteiger partial charge in [0.1, 0.15) is 11.3 Å². The Kier molecular flexibility index (Phi) is 6.83. The van der Waals surface area contributed by atoms with Gasteiger partial charge in [-0.25, -0.2) is 4.98 Å². The van der Waals surface area contributed by atoms with Crippen molar-refractivity contribution in [2.75, 3.05) is 13.2 Å². The molecule has 0 bridgehead atoms. The molecule has 1 aliphatic carbocycles. The second-order valence-electron chi connectivity index (χ2n) is 9.11. The zero-order valence-electron chi connectivity index (χ0n) is 19.5. The van der Waals surface area contributed by atoms with Crippen molar-refractivity contribution >= 4 is 22.3 Å². The van der Waals surface area contributed by atoms with E-state index in [2.05, 4.69) is 38.8 Å². The van der Waals surface area contributed by atoms with E-state index < -0.39 is 5.91 Å². The molecule has 1 amide bonds. The van der Waals surface area contributed by atoms with Crippen LogP contribution in [0.15, 0.2) is 59.5 Å². The third-order valence-corrected chi connectivity index (χ3v) is 6.60. The number of aliphatic hydroxyl groups excluding tert-OH is 1. The third kappa shape index (κ3) is 5.23. The number of rotatable bonds is 9. The largest absolute Gasteiger partial charge is 0.396 e. The quantitative estimate of drug-likeness (QED) is 0.346. The lowest BCUT2D eigenvalue weighted by atomic mass is 9.85. The molecular formula is C27H29N5O3. The summed E-state index contributed by atoms with van der Waals surface area (Å²) in [5.41, 5.74) is 2.84. The van der Waals surface area contributed by atoms with Gasteiger partial charge in [-0.05, 0) is 60.5 Å². The summed E-state index contributed by atoms with van der Waals surface area (Å²) in [5, 5.41) is 17.9. The van der Waals surface area contributed by atoms with Gasteiger partial charge in [0.25, 0.3) is 11.5 Å². The maximum atomic E-state index is 12.7. The number of carbonyl (C=O) groups is 1. The monoisotopic (exact) mass is 471 g/mol. The topological polar surface area (TPSA) is 109 Å². The molecule has 3 heterocycles. The van der Waals surface area contributed by atoms with E-state index in [4.69, 9.17) is 0 Å². The van der Waals surface area contributed by atoms with Crippen molar-refractivity contribution in [3.8, 4) is 0 Å². The predicted molar refractivity (Wildman–Crippen MR) is 134 cm³/mol. The molecule has 1 saturated carbocycles. The average Bonchev–Trinajstić information content (AvgIpc) is 2.84. The highest BCUT2D eigenvalue weighted by atomic mass is 16.3. The van der Waals surface area contributed by atoms with Crippen molar-refractivity contribution in [1.82, 2.24) is 25.0 Å². The Morgan fingerprint density at radius 3 is 2.77 bits per heavy atom. The van der Waals surface area contributed by atoms with Crippen molar-refractivity contribution in [3.05, 3.63) is 87.7 Å². The fraction of sp³-hybridized carbons (Fsp3) is 0.333. The number of benzene rings is 1. The number of aromatic nitrogens is 3. The highest BCUT2D eigenvalue weighted by Crippen LogP contribution is 2.25. The molecule has 4 aromatic rings. The standard InChI is InChI=1S/C27H29N5O3/c33-11-9-23-22-8-7-19(16-28-15-18-4-3-5-18)12-20(22)13-21(30-23)17-29-27(35)24-14-26(34)32-10-2-1-6-25(32)31-24/h1-2,6-8,10,12-14,18,28,33H,3-5,9,11,15-17H2,(H,29,35). The number of hydrogen-bond acceptors (Lipinski definition) is 6. The van der Waals surface area contributed by atoms with E-state index in [-0.39, 0.29) is 24.4 Å². The SMILES string of the molecule is O=C(NCc1cc2cc(CNCC3CCC3)ccc2c(CCO)n1)c1cc(=O)n2ccccc2n1. The highest BCUT2D eigenvalue weighted by Gasteiger charge is 2.16. The lowest BCUT2D eigenvalue weighted by Crippen LogP contribution is -2.27. The first-order valence-electron chi connectivity index (χ1n) is 12.1. The van der Waals surface area contributed by atoms with Gasteiger partial charge < -0.3 is 15.7 Å². The van der Waals surface area contributed by atoms with Crippen LogP contribution in [0.4, 0.5) is 0 Å². The van der Waals surface area contributed by atoms with Crippen molar-refractivity contribution < 1.29 is 9.90 Å². The number of nitrogens with one attached hydrogen (secondary N) is 2. The van der Waals surface area contributed by atoms with Crippen LogP contribution in [0.1, 0.15) is 46.7 Å². The van der Waals surface area contributed by atoms with E-state index in [1.54, 1.807) is 24.4 Å². The van der Waals surface area contributed by atoms with E-state index in [1.807, 2.05) is 6.07 Å². The number of pyridine rings is 2. The van der Waals surface area contributed by atoms with Gasteiger partial charge in [-0.2, -0.15) is 0 Å². The van der Waals surface area contributed by atoms with Gasteiger partial charge in [-0.3, -0.25) is 19.0 Å². The molecule has 8 heteroatoms. The van der Waals surface area contributed by atoms with E-state index in [0.29, 0.717) is 17.8 Å². The van der Waals surface area contributed by atoms with Crippen molar-refractivity contribution in [1.29, 1.82) is 0 Å². The van der Waals surface area contributed by atoms with Gasteiger partial charge in [0, 0.05) is 37.2 Å². The molecule has 1 fully saturated rings. The number of aliphatic hydroxyl groups is 1. The summed E-state index contributed by atoms with van der Waals surface area (Å²) in [6.45, 7) is 2.04. The van der Waals surface area contributed by atoms with Crippen LogP contribution in [0.25, 0.3) is 16.4 Å². The van der Waals surface area contributed by atoms with Crippen LogP contribution >= 0.6 is 0 Å². The van der Waals surface area contributed by atoms with Crippen molar-refractivity contribution in [3.63, 3.8) is 0 Å². The zero-order chi connectivity index (χ0) is 24.2. The van der Waals surface area contributed by atoms with Crippen LogP contribution in [-0.4, -0.2) is 38.5 Å². The molecule has 35 heavy (non-hydrogen) atoms. The minimum absolute atomic E-state index is 0.00639.